The highest BCUT2D eigenvalue weighted by Crippen LogP contribution is 2.40. The molecule has 0 bridgehead atoms. The predicted molar refractivity (Wildman–Crippen MR) is 160 cm³/mol. The second-order valence-corrected chi connectivity index (χ2v) is 11.8. The number of esters is 1. The summed E-state index contributed by atoms with van der Waals surface area (Å²) in [5.41, 5.74) is 3.87. The normalized spacial score (nSPS) is 16.8. The number of benzene rings is 1. The van der Waals surface area contributed by atoms with Crippen molar-refractivity contribution < 1.29 is 23.5 Å². The maximum atomic E-state index is 13.7. The molecule has 2 amide bonds. The number of hydrogen-bond donors (Lipinski definition) is 2. The molecule has 42 heavy (non-hydrogen) atoms. The number of hydrogen-bond acceptors (Lipinski definition) is 6. The lowest BCUT2D eigenvalue weighted by Gasteiger charge is -2.23. The molecule has 0 radical (unpaired) electrons. The van der Waals surface area contributed by atoms with Crippen LogP contribution in [0.5, 0.6) is 0 Å². The number of nitrogens with one attached hydrogen (secondary N) is 2. The van der Waals surface area contributed by atoms with Crippen molar-refractivity contribution in [2.24, 2.45) is 11.8 Å². The summed E-state index contributed by atoms with van der Waals surface area (Å²) in [6.07, 6.45) is 10.0. The Kier molecular flexibility index (Phi) is 9.40. The zero-order chi connectivity index (χ0) is 29.6. The van der Waals surface area contributed by atoms with Gasteiger partial charge in [-0.1, -0.05) is 65.0 Å². The lowest BCUT2D eigenvalue weighted by molar-refractivity contribution is 0.0503. The first-order valence-corrected chi connectivity index (χ1v) is 15.3. The molecule has 8 nitrogen and oxygen atoms in total. The van der Waals surface area contributed by atoms with Gasteiger partial charge in [-0.2, -0.15) is 0 Å². The number of rotatable bonds is 11. The Morgan fingerprint density at radius 3 is 2.52 bits per heavy atom. The molecule has 3 aromatic rings. The summed E-state index contributed by atoms with van der Waals surface area (Å²) in [5, 5.41) is 5.96. The van der Waals surface area contributed by atoms with E-state index < -0.39 is 5.97 Å². The standard InChI is InChI=1S/C34H41N3O5/c1-4-18-42-34(40)28-26(17-12-22-9-6-5-7-10-22)36-31-29(33(39)37-30(31)21(2)3)27(28)23-13-15-24(16-14-23)32(38)35-20-25-11-8-19-41-25/h8,11,13-16,19,21-22,30H,4-7,9-10,12,17-18,20H2,1-3H3,(H,35,38)(H,37,39). The van der Waals surface area contributed by atoms with E-state index in [0.717, 1.165) is 6.42 Å². The lowest BCUT2D eigenvalue weighted by atomic mass is 9.84. The van der Waals surface area contributed by atoms with Gasteiger partial charge in [0.25, 0.3) is 11.8 Å². The fraction of sp³-hybridized carbons (Fsp3) is 0.471. The summed E-state index contributed by atoms with van der Waals surface area (Å²) in [5.74, 6) is 0.452. The molecule has 2 N–H and O–H groups in total. The summed E-state index contributed by atoms with van der Waals surface area (Å²) in [6, 6.07) is 10.4. The SMILES string of the molecule is CCCOC(=O)c1c(CCC2CCCCC2)nc2c(c1-c1ccc(C(=O)NCc3ccco3)cc1)C(=O)NC2C(C)C. The minimum absolute atomic E-state index is 0.125. The van der Waals surface area contributed by atoms with Crippen molar-refractivity contribution in [3.8, 4) is 11.1 Å². The van der Waals surface area contributed by atoms with Crippen molar-refractivity contribution in [3.63, 3.8) is 0 Å². The van der Waals surface area contributed by atoms with Gasteiger partial charge in [-0.3, -0.25) is 14.6 Å². The number of nitrogens with zero attached hydrogens (tertiary/aromatic N) is 1. The fourth-order valence-corrected chi connectivity index (χ4v) is 6.12. The molecule has 2 aromatic heterocycles. The summed E-state index contributed by atoms with van der Waals surface area (Å²) in [7, 11) is 0. The van der Waals surface area contributed by atoms with Crippen LogP contribution in [0, 0.1) is 11.8 Å². The van der Waals surface area contributed by atoms with Crippen molar-refractivity contribution in [3.05, 3.63) is 76.5 Å². The molecule has 8 heteroatoms. The number of furan rings is 1. The summed E-state index contributed by atoms with van der Waals surface area (Å²) >= 11 is 0. The lowest BCUT2D eigenvalue weighted by Crippen LogP contribution is -2.23. The molecule has 3 heterocycles. The minimum atomic E-state index is -0.457. The van der Waals surface area contributed by atoms with E-state index in [1.807, 2.05) is 6.92 Å². The van der Waals surface area contributed by atoms with Crippen molar-refractivity contribution in [2.45, 2.75) is 84.7 Å². The van der Waals surface area contributed by atoms with Crippen molar-refractivity contribution in [2.75, 3.05) is 6.61 Å². The largest absolute Gasteiger partial charge is 0.467 e. The zero-order valence-electron chi connectivity index (χ0n) is 24.8. The van der Waals surface area contributed by atoms with E-state index in [9.17, 15) is 14.4 Å². The third-order valence-corrected chi connectivity index (χ3v) is 8.37. The van der Waals surface area contributed by atoms with E-state index >= 15 is 0 Å². The zero-order valence-corrected chi connectivity index (χ0v) is 24.8. The van der Waals surface area contributed by atoms with E-state index in [1.54, 1.807) is 42.7 Å². The number of carbonyl (C=O) groups excluding carboxylic acids is 3. The second kappa shape index (κ2) is 13.4. The van der Waals surface area contributed by atoms with Crippen molar-refractivity contribution in [1.29, 1.82) is 0 Å². The molecule has 1 atom stereocenters. The topological polar surface area (TPSA) is 111 Å². The molecule has 5 rings (SSSR count). The first kappa shape index (κ1) is 29.5. The maximum Gasteiger partial charge on any atom is 0.340 e. The third-order valence-electron chi connectivity index (χ3n) is 8.37. The molecule has 222 valence electrons. The molecule has 0 spiro atoms. The second-order valence-electron chi connectivity index (χ2n) is 11.8. The Morgan fingerprint density at radius 2 is 1.86 bits per heavy atom. The Balaban J connectivity index is 1.56. The molecule has 1 aliphatic heterocycles. The van der Waals surface area contributed by atoms with Gasteiger partial charge in [0.1, 0.15) is 5.76 Å². The van der Waals surface area contributed by atoms with E-state index in [-0.39, 0.29) is 36.9 Å². The highest BCUT2D eigenvalue weighted by molar-refractivity contribution is 6.11. The van der Waals surface area contributed by atoms with Gasteiger partial charge in [-0.25, -0.2) is 4.79 Å². The monoisotopic (exact) mass is 571 g/mol. The number of fused-ring (bicyclic) bond motifs is 1. The maximum absolute atomic E-state index is 13.7. The molecular formula is C34H41N3O5. The minimum Gasteiger partial charge on any atom is -0.467 e. The molecule has 1 aromatic carbocycles. The predicted octanol–water partition coefficient (Wildman–Crippen LogP) is 6.79. The summed E-state index contributed by atoms with van der Waals surface area (Å²) < 4.78 is 11.0. The molecule has 1 fully saturated rings. The first-order valence-electron chi connectivity index (χ1n) is 15.3. The van der Waals surface area contributed by atoms with Crippen molar-refractivity contribution in [1.82, 2.24) is 15.6 Å². The van der Waals surface area contributed by atoms with Crippen LogP contribution in [0.3, 0.4) is 0 Å². The van der Waals surface area contributed by atoms with Gasteiger partial charge in [0.2, 0.25) is 0 Å². The summed E-state index contributed by atoms with van der Waals surface area (Å²) in [6.45, 7) is 6.63. The average molecular weight is 572 g/mol. The number of aryl methyl sites for hydroxylation is 1. The average Bonchev–Trinajstić information content (AvgIpc) is 3.65. The molecular weight excluding hydrogens is 530 g/mol. The highest BCUT2D eigenvalue weighted by Gasteiger charge is 2.38. The van der Waals surface area contributed by atoms with Gasteiger partial charge in [-0.05, 0) is 60.9 Å². The molecule has 1 unspecified atom stereocenters. The number of amides is 2. The van der Waals surface area contributed by atoms with Gasteiger partial charge in [0.15, 0.2) is 0 Å². The van der Waals surface area contributed by atoms with E-state index in [0.29, 0.717) is 63.7 Å². The van der Waals surface area contributed by atoms with Crippen LogP contribution in [0.2, 0.25) is 0 Å². The highest BCUT2D eigenvalue weighted by atomic mass is 16.5. The number of ether oxygens (including phenoxy) is 1. The van der Waals surface area contributed by atoms with Gasteiger partial charge in [0.05, 0.1) is 48.0 Å². The number of pyridine rings is 1. The van der Waals surface area contributed by atoms with Crippen LogP contribution in [0.15, 0.2) is 47.1 Å². The first-order chi connectivity index (χ1) is 20.4. The number of aromatic nitrogens is 1. The fourth-order valence-electron chi connectivity index (χ4n) is 6.12. The molecule has 1 aliphatic carbocycles. The van der Waals surface area contributed by atoms with Crippen LogP contribution in [0.1, 0.15) is 120 Å². The van der Waals surface area contributed by atoms with Gasteiger partial charge < -0.3 is 19.8 Å². The quantitative estimate of drug-likeness (QED) is 0.245. The van der Waals surface area contributed by atoms with E-state index in [2.05, 4.69) is 24.5 Å². The van der Waals surface area contributed by atoms with Crippen LogP contribution in [-0.2, 0) is 17.7 Å². The van der Waals surface area contributed by atoms with E-state index in [1.165, 1.54) is 32.1 Å². The Labute approximate surface area is 247 Å². The van der Waals surface area contributed by atoms with Crippen LogP contribution >= 0.6 is 0 Å². The molecule has 2 aliphatic rings. The Bertz CT molecular complexity index is 1410. The van der Waals surface area contributed by atoms with Gasteiger partial charge >= 0.3 is 5.97 Å². The number of carbonyl (C=O) groups is 3. The van der Waals surface area contributed by atoms with Gasteiger partial charge in [0, 0.05) is 11.1 Å². The third kappa shape index (κ3) is 6.42. The summed E-state index contributed by atoms with van der Waals surface area (Å²) in [4.78, 5) is 45.0. The smallest absolute Gasteiger partial charge is 0.340 e. The van der Waals surface area contributed by atoms with Crippen LogP contribution < -0.4 is 10.6 Å². The molecule has 0 saturated heterocycles. The van der Waals surface area contributed by atoms with Crippen molar-refractivity contribution >= 4 is 17.8 Å². The van der Waals surface area contributed by atoms with Crippen LogP contribution in [0.25, 0.3) is 11.1 Å². The van der Waals surface area contributed by atoms with E-state index in [4.69, 9.17) is 14.1 Å². The van der Waals surface area contributed by atoms with Crippen LogP contribution in [-0.4, -0.2) is 29.4 Å². The Hall–Kier alpha value is -3.94. The Morgan fingerprint density at radius 1 is 1.10 bits per heavy atom. The van der Waals surface area contributed by atoms with Gasteiger partial charge in [-0.15, -0.1) is 0 Å². The van der Waals surface area contributed by atoms with Crippen LogP contribution in [0.4, 0.5) is 0 Å². The molecule has 1 saturated carbocycles.